The Morgan fingerprint density at radius 2 is 1.77 bits per heavy atom. The fourth-order valence-electron chi connectivity index (χ4n) is 4.81. The van der Waals surface area contributed by atoms with Crippen LogP contribution in [0.1, 0.15) is 35.3 Å². The lowest BCUT2D eigenvalue weighted by molar-refractivity contribution is 0.0818. The summed E-state index contributed by atoms with van der Waals surface area (Å²) < 4.78 is 8.53. The molecule has 1 fully saturated rings. The Balaban J connectivity index is 1.46. The van der Waals surface area contributed by atoms with Gasteiger partial charge < -0.3 is 9.84 Å². The first-order valence-corrected chi connectivity index (χ1v) is 11.2. The molecule has 2 aliphatic rings. The number of likely N-dealkylation sites (tertiary alicyclic amines) is 1. The largest absolute Gasteiger partial charge is 0.484 e. The van der Waals surface area contributed by atoms with Crippen LogP contribution in [0.3, 0.4) is 0 Å². The Kier molecular flexibility index (Phi) is 5.42. The van der Waals surface area contributed by atoms with Gasteiger partial charge in [-0.2, -0.15) is 0 Å². The van der Waals surface area contributed by atoms with Gasteiger partial charge in [0.25, 0.3) is 0 Å². The molecule has 1 aromatic heterocycles. The Morgan fingerprint density at radius 1 is 1.06 bits per heavy atom. The molecule has 6 nitrogen and oxygen atoms in total. The molecule has 1 aliphatic carbocycles. The summed E-state index contributed by atoms with van der Waals surface area (Å²) in [6, 6.07) is 11.8. The number of aryl methyl sites for hydroxylation is 2. The maximum absolute atomic E-state index is 10.1. The van der Waals surface area contributed by atoms with Crippen molar-refractivity contribution in [2.75, 3.05) is 13.1 Å². The van der Waals surface area contributed by atoms with E-state index >= 15 is 0 Å². The average molecular weight is 459 g/mol. The number of nitrogens with zero attached hydrogens (tertiary/aromatic N) is 4. The molecular formula is C23H24Cl2N4O2. The molecule has 1 aliphatic heterocycles. The summed E-state index contributed by atoms with van der Waals surface area (Å²) in [6.07, 6.45) is 1.05. The van der Waals surface area contributed by atoms with Gasteiger partial charge in [-0.25, -0.2) is 0 Å². The van der Waals surface area contributed by atoms with Crippen LogP contribution in [-0.2, 0) is 6.42 Å². The molecular weight excluding hydrogens is 435 g/mol. The molecule has 8 heteroatoms. The van der Waals surface area contributed by atoms with E-state index < -0.39 is 0 Å². The number of β-amino-alcohol motifs (C(OH)–C–C–N with tert-alkyl or cyclic N) is 1. The summed E-state index contributed by atoms with van der Waals surface area (Å²) in [5.74, 6) is 2.45. The second-order valence-corrected chi connectivity index (χ2v) is 9.17. The zero-order valence-corrected chi connectivity index (χ0v) is 18.9. The molecule has 0 amide bonds. The number of aliphatic hydroxyl groups excluding tert-OH is 1. The highest BCUT2D eigenvalue weighted by atomic mass is 35.5. The molecule has 3 atom stereocenters. The third-order valence-corrected chi connectivity index (χ3v) is 6.83. The Labute approximate surface area is 191 Å². The molecule has 0 bridgehead atoms. The number of aromatic nitrogens is 3. The molecule has 3 aromatic rings. The Bertz CT molecular complexity index is 1100. The fourth-order valence-corrected chi connectivity index (χ4v) is 5.40. The molecule has 0 saturated carbocycles. The van der Waals surface area contributed by atoms with E-state index in [4.69, 9.17) is 27.9 Å². The van der Waals surface area contributed by atoms with Gasteiger partial charge in [0.15, 0.2) is 0 Å². The molecule has 0 unspecified atom stereocenters. The molecule has 162 valence electrons. The van der Waals surface area contributed by atoms with E-state index in [-0.39, 0.29) is 18.2 Å². The number of aliphatic hydroxyl groups is 1. The number of ether oxygens (including phenoxy) is 1. The molecule has 2 aromatic carbocycles. The number of benzene rings is 2. The van der Waals surface area contributed by atoms with E-state index in [0.717, 1.165) is 53.6 Å². The highest BCUT2D eigenvalue weighted by Gasteiger charge is 2.41. The van der Waals surface area contributed by atoms with Gasteiger partial charge in [0.2, 0.25) is 0 Å². The van der Waals surface area contributed by atoms with Crippen LogP contribution >= 0.6 is 23.2 Å². The minimum atomic E-state index is -0.294. The van der Waals surface area contributed by atoms with Crippen molar-refractivity contribution in [3.8, 4) is 11.4 Å². The number of hydrogen-bond acceptors (Lipinski definition) is 5. The lowest BCUT2D eigenvalue weighted by atomic mass is 10.1. The standard InChI is InChI=1S/C23H24Cl2N4O2/c1-13-26-27-14(2)29(13)16-3-5-18(6-4-16)31-23-20-9-15(24)10-21(25)19(20)11-22(23)28-8-7-17(30)12-28/h3-6,9-10,17,22-23,30H,7-8,11-12H2,1-2H3/t17-,22+,23-/m1/s1. The molecule has 1 saturated heterocycles. The van der Waals surface area contributed by atoms with Crippen molar-refractivity contribution >= 4 is 23.2 Å². The Morgan fingerprint density at radius 3 is 2.42 bits per heavy atom. The van der Waals surface area contributed by atoms with Crippen LogP contribution in [0.4, 0.5) is 0 Å². The van der Waals surface area contributed by atoms with E-state index in [1.54, 1.807) is 6.07 Å². The van der Waals surface area contributed by atoms with Crippen LogP contribution < -0.4 is 4.74 Å². The molecule has 31 heavy (non-hydrogen) atoms. The zero-order valence-electron chi connectivity index (χ0n) is 17.4. The summed E-state index contributed by atoms with van der Waals surface area (Å²) in [4.78, 5) is 2.30. The summed E-state index contributed by atoms with van der Waals surface area (Å²) >= 11 is 12.9. The Hall–Kier alpha value is -2.12. The van der Waals surface area contributed by atoms with E-state index in [2.05, 4.69) is 15.1 Å². The lowest BCUT2D eigenvalue weighted by Gasteiger charge is -2.30. The molecule has 2 heterocycles. The monoisotopic (exact) mass is 458 g/mol. The first-order valence-electron chi connectivity index (χ1n) is 10.5. The predicted molar refractivity (Wildman–Crippen MR) is 120 cm³/mol. The van der Waals surface area contributed by atoms with Gasteiger partial charge in [-0.1, -0.05) is 23.2 Å². The maximum atomic E-state index is 10.1. The summed E-state index contributed by atoms with van der Waals surface area (Å²) in [5.41, 5.74) is 3.10. The van der Waals surface area contributed by atoms with Crippen molar-refractivity contribution in [3.05, 3.63) is 69.2 Å². The smallest absolute Gasteiger partial charge is 0.140 e. The van der Waals surface area contributed by atoms with Gasteiger partial charge in [0, 0.05) is 34.4 Å². The van der Waals surface area contributed by atoms with Gasteiger partial charge in [-0.15, -0.1) is 10.2 Å². The molecule has 1 N–H and O–H groups in total. The first kappa shape index (κ1) is 20.8. The molecule has 0 spiro atoms. The average Bonchev–Trinajstić information content (AvgIpc) is 3.41. The van der Waals surface area contributed by atoms with Crippen LogP contribution in [0.15, 0.2) is 36.4 Å². The van der Waals surface area contributed by atoms with E-state index in [1.165, 1.54) is 0 Å². The van der Waals surface area contributed by atoms with Gasteiger partial charge >= 0.3 is 0 Å². The minimum absolute atomic E-state index is 0.102. The van der Waals surface area contributed by atoms with Crippen LogP contribution in [0.5, 0.6) is 5.75 Å². The molecule has 0 radical (unpaired) electrons. The van der Waals surface area contributed by atoms with Crippen LogP contribution in [0.25, 0.3) is 5.69 Å². The second-order valence-electron chi connectivity index (χ2n) is 8.33. The quantitative estimate of drug-likeness (QED) is 0.631. The molecule has 5 rings (SSSR count). The third kappa shape index (κ3) is 3.82. The zero-order chi connectivity index (χ0) is 21.7. The van der Waals surface area contributed by atoms with Crippen molar-refractivity contribution in [2.45, 2.75) is 44.9 Å². The van der Waals surface area contributed by atoms with Gasteiger partial charge in [0.1, 0.15) is 23.5 Å². The highest BCUT2D eigenvalue weighted by molar-refractivity contribution is 6.35. The summed E-state index contributed by atoms with van der Waals surface area (Å²) in [5, 5.41) is 19.6. The number of rotatable bonds is 4. The van der Waals surface area contributed by atoms with Crippen LogP contribution in [-0.4, -0.2) is 50.0 Å². The fraction of sp³-hybridized carbons (Fsp3) is 0.391. The highest BCUT2D eigenvalue weighted by Crippen LogP contribution is 2.43. The van der Waals surface area contributed by atoms with Crippen molar-refractivity contribution in [2.24, 2.45) is 0 Å². The maximum Gasteiger partial charge on any atom is 0.140 e. The SMILES string of the molecule is Cc1nnc(C)n1-c1ccc(O[C@@H]2c3cc(Cl)cc(Cl)c3C[C@@H]2N2CC[C@@H](O)C2)cc1. The number of fused-ring (bicyclic) bond motifs is 1. The van der Waals surface area contributed by atoms with Crippen molar-refractivity contribution in [3.63, 3.8) is 0 Å². The normalized spacial score (nSPS) is 23.3. The van der Waals surface area contributed by atoms with Crippen molar-refractivity contribution < 1.29 is 9.84 Å². The van der Waals surface area contributed by atoms with E-state index in [9.17, 15) is 5.11 Å². The van der Waals surface area contributed by atoms with Gasteiger partial charge in [-0.3, -0.25) is 9.47 Å². The number of hydrogen-bond donors (Lipinski definition) is 1. The second kappa shape index (κ2) is 8.10. The van der Waals surface area contributed by atoms with E-state index in [0.29, 0.717) is 16.6 Å². The summed E-state index contributed by atoms with van der Waals surface area (Å²) in [7, 11) is 0. The first-order chi connectivity index (χ1) is 14.9. The van der Waals surface area contributed by atoms with Crippen LogP contribution in [0, 0.1) is 13.8 Å². The third-order valence-electron chi connectivity index (χ3n) is 6.27. The van der Waals surface area contributed by atoms with Gasteiger partial charge in [0.05, 0.1) is 12.1 Å². The minimum Gasteiger partial charge on any atom is -0.484 e. The van der Waals surface area contributed by atoms with Crippen molar-refractivity contribution in [1.82, 2.24) is 19.7 Å². The van der Waals surface area contributed by atoms with Gasteiger partial charge in [-0.05, 0) is 68.7 Å². The number of halogens is 2. The van der Waals surface area contributed by atoms with E-state index in [1.807, 2.05) is 48.7 Å². The summed E-state index contributed by atoms with van der Waals surface area (Å²) in [6.45, 7) is 5.36. The predicted octanol–water partition coefficient (Wildman–Crippen LogP) is 4.30. The van der Waals surface area contributed by atoms with Crippen molar-refractivity contribution in [1.29, 1.82) is 0 Å². The topological polar surface area (TPSA) is 63.4 Å². The lowest BCUT2D eigenvalue weighted by Crippen LogP contribution is -2.39. The van der Waals surface area contributed by atoms with Crippen LogP contribution in [0.2, 0.25) is 10.0 Å².